The normalized spacial score (nSPS) is 19.9. The van der Waals surface area contributed by atoms with Gasteiger partial charge >= 0.3 is 6.03 Å². The highest BCUT2D eigenvalue weighted by Gasteiger charge is 2.29. The molecule has 5 nitrogen and oxygen atoms in total. The summed E-state index contributed by atoms with van der Waals surface area (Å²) in [6.45, 7) is 2.91. The molecule has 0 unspecified atom stereocenters. The SMILES string of the molecule is CC[C@@H](NC(=O)N1CCCC[C@@H]1c1cn[nH]c1)c1cccs1. The van der Waals surface area contributed by atoms with E-state index in [0.717, 1.165) is 37.8 Å². The number of urea groups is 1. The Morgan fingerprint density at radius 1 is 1.59 bits per heavy atom. The van der Waals surface area contributed by atoms with E-state index in [2.05, 4.69) is 33.9 Å². The summed E-state index contributed by atoms with van der Waals surface area (Å²) in [5, 5.41) is 12.1. The van der Waals surface area contributed by atoms with Gasteiger partial charge in [-0.1, -0.05) is 13.0 Å². The van der Waals surface area contributed by atoms with E-state index in [1.807, 2.05) is 23.4 Å². The van der Waals surface area contributed by atoms with E-state index in [9.17, 15) is 4.79 Å². The molecule has 2 atom stereocenters. The number of nitrogens with one attached hydrogen (secondary N) is 2. The predicted octanol–water partition coefficient (Wildman–Crippen LogP) is 3.86. The minimum Gasteiger partial charge on any atom is -0.330 e. The maximum absolute atomic E-state index is 12.8. The summed E-state index contributed by atoms with van der Waals surface area (Å²) in [7, 11) is 0. The lowest BCUT2D eigenvalue weighted by molar-refractivity contribution is 0.148. The molecular formula is C16H22N4OS. The van der Waals surface area contributed by atoms with Crippen LogP contribution in [0.15, 0.2) is 29.9 Å². The maximum atomic E-state index is 12.8. The third-order valence-electron chi connectivity index (χ3n) is 4.26. The van der Waals surface area contributed by atoms with Gasteiger partial charge in [0.2, 0.25) is 0 Å². The van der Waals surface area contributed by atoms with Crippen molar-refractivity contribution in [3.8, 4) is 0 Å². The van der Waals surface area contributed by atoms with E-state index in [1.54, 1.807) is 11.3 Å². The first-order valence-electron chi connectivity index (χ1n) is 7.88. The molecule has 0 radical (unpaired) electrons. The molecule has 1 saturated heterocycles. The molecule has 118 valence electrons. The first-order valence-corrected chi connectivity index (χ1v) is 8.76. The first-order chi connectivity index (χ1) is 10.8. The summed E-state index contributed by atoms with van der Waals surface area (Å²) in [5.41, 5.74) is 1.10. The molecule has 3 heterocycles. The van der Waals surface area contributed by atoms with Gasteiger partial charge < -0.3 is 10.2 Å². The molecule has 1 fully saturated rings. The molecule has 0 spiro atoms. The van der Waals surface area contributed by atoms with Crippen LogP contribution in [-0.4, -0.2) is 27.7 Å². The van der Waals surface area contributed by atoms with Crippen molar-refractivity contribution in [2.75, 3.05) is 6.54 Å². The van der Waals surface area contributed by atoms with Crippen molar-refractivity contribution in [2.24, 2.45) is 0 Å². The summed E-state index contributed by atoms with van der Waals surface area (Å²) < 4.78 is 0. The molecule has 2 aromatic rings. The summed E-state index contributed by atoms with van der Waals surface area (Å²) >= 11 is 1.69. The Labute approximate surface area is 134 Å². The Kier molecular flexibility index (Phi) is 4.77. The van der Waals surface area contributed by atoms with Gasteiger partial charge in [-0.3, -0.25) is 5.10 Å². The Morgan fingerprint density at radius 3 is 3.18 bits per heavy atom. The number of hydrogen-bond acceptors (Lipinski definition) is 3. The smallest absolute Gasteiger partial charge is 0.318 e. The number of aromatic nitrogens is 2. The molecule has 6 heteroatoms. The molecular weight excluding hydrogens is 296 g/mol. The second kappa shape index (κ2) is 6.96. The lowest BCUT2D eigenvalue weighted by atomic mass is 9.98. The van der Waals surface area contributed by atoms with Crippen LogP contribution in [0.3, 0.4) is 0 Å². The van der Waals surface area contributed by atoms with Crippen molar-refractivity contribution in [3.63, 3.8) is 0 Å². The predicted molar refractivity (Wildman–Crippen MR) is 87.8 cm³/mol. The lowest BCUT2D eigenvalue weighted by Gasteiger charge is -2.36. The first kappa shape index (κ1) is 15.1. The average Bonchev–Trinajstić information content (AvgIpc) is 3.25. The molecule has 1 aliphatic heterocycles. The van der Waals surface area contributed by atoms with Crippen LogP contribution in [0.2, 0.25) is 0 Å². The fraction of sp³-hybridized carbons (Fsp3) is 0.500. The van der Waals surface area contributed by atoms with Gasteiger partial charge in [-0.25, -0.2) is 4.79 Å². The second-order valence-electron chi connectivity index (χ2n) is 5.66. The number of nitrogens with zero attached hydrogens (tertiary/aromatic N) is 2. The van der Waals surface area contributed by atoms with Crippen molar-refractivity contribution in [3.05, 3.63) is 40.3 Å². The van der Waals surface area contributed by atoms with E-state index in [-0.39, 0.29) is 18.1 Å². The number of H-pyrrole nitrogens is 1. The Morgan fingerprint density at radius 2 is 2.50 bits per heavy atom. The Balaban J connectivity index is 1.72. The van der Waals surface area contributed by atoms with Gasteiger partial charge in [0.25, 0.3) is 0 Å². The average molecular weight is 318 g/mol. The van der Waals surface area contributed by atoms with Crippen LogP contribution in [0.25, 0.3) is 0 Å². The van der Waals surface area contributed by atoms with Crippen LogP contribution in [-0.2, 0) is 0 Å². The third kappa shape index (κ3) is 3.16. The minimum atomic E-state index is 0.0335. The van der Waals surface area contributed by atoms with Gasteiger partial charge in [-0.15, -0.1) is 11.3 Å². The number of rotatable bonds is 4. The molecule has 2 aromatic heterocycles. The molecule has 22 heavy (non-hydrogen) atoms. The van der Waals surface area contributed by atoms with Crippen LogP contribution in [0.5, 0.6) is 0 Å². The summed E-state index contributed by atoms with van der Waals surface area (Å²) in [6.07, 6.45) is 7.85. The van der Waals surface area contributed by atoms with Crippen LogP contribution in [0.4, 0.5) is 4.79 Å². The monoisotopic (exact) mass is 318 g/mol. The van der Waals surface area contributed by atoms with E-state index >= 15 is 0 Å². The fourth-order valence-electron chi connectivity index (χ4n) is 3.06. The van der Waals surface area contributed by atoms with E-state index in [0.29, 0.717) is 0 Å². The minimum absolute atomic E-state index is 0.0335. The number of hydrogen-bond donors (Lipinski definition) is 2. The van der Waals surface area contributed by atoms with Gasteiger partial charge in [-0.05, 0) is 37.1 Å². The summed E-state index contributed by atoms with van der Waals surface area (Å²) in [4.78, 5) is 15.9. The number of amides is 2. The zero-order valence-corrected chi connectivity index (χ0v) is 13.6. The van der Waals surface area contributed by atoms with Gasteiger partial charge in [0.1, 0.15) is 0 Å². The zero-order valence-electron chi connectivity index (χ0n) is 12.8. The number of aromatic amines is 1. The van der Waals surface area contributed by atoms with Crippen LogP contribution in [0.1, 0.15) is 55.1 Å². The molecule has 0 bridgehead atoms. The largest absolute Gasteiger partial charge is 0.330 e. The summed E-state index contributed by atoms with van der Waals surface area (Å²) in [6, 6.07) is 4.38. The third-order valence-corrected chi connectivity index (χ3v) is 5.25. The molecule has 0 aromatic carbocycles. The Bertz CT molecular complexity index is 581. The lowest BCUT2D eigenvalue weighted by Crippen LogP contribution is -2.45. The number of piperidine rings is 1. The van der Waals surface area contributed by atoms with Crippen molar-refractivity contribution in [1.29, 1.82) is 0 Å². The fourth-order valence-corrected chi connectivity index (χ4v) is 3.92. The number of likely N-dealkylation sites (tertiary alicyclic amines) is 1. The molecule has 1 aliphatic rings. The van der Waals surface area contributed by atoms with Crippen molar-refractivity contribution in [2.45, 2.75) is 44.7 Å². The van der Waals surface area contributed by atoms with E-state index in [4.69, 9.17) is 0 Å². The van der Waals surface area contributed by atoms with Crippen LogP contribution < -0.4 is 5.32 Å². The molecule has 3 rings (SSSR count). The van der Waals surface area contributed by atoms with Gasteiger partial charge in [0, 0.05) is 23.2 Å². The van der Waals surface area contributed by atoms with Crippen molar-refractivity contribution >= 4 is 17.4 Å². The number of thiophene rings is 1. The zero-order chi connectivity index (χ0) is 15.4. The highest BCUT2D eigenvalue weighted by atomic mass is 32.1. The van der Waals surface area contributed by atoms with Gasteiger partial charge in [-0.2, -0.15) is 5.10 Å². The molecule has 2 N–H and O–H groups in total. The van der Waals surface area contributed by atoms with Gasteiger partial charge in [0.15, 0.2) is 0 Å². The molecule has 0 aliphatic carbocycles. The van der Waals surface area contributed by atoms with E-state index < -0.39 is 0 Å². The number of carbonyl (C=O) groups is 1. The van der Waals surface area contributed by atoms with Crippen molar-refractivity contribution in [1.82, 2.24) is 20.4 Å². The van der Waals surface area contributed by atoms with Crippen LogP contribution in [0, 0.1) is 0 Å². The topological polar surface area (TPSA) is 61.0 Å². The van der Waals surface area contributed by atoms with Gasteiger partial charge in [0.05, 0.1) is 18.3 Å². The van der Waals surface area contributed by atoms with Crippen molar-refractivity contribution < 1.29 is 4.79 Å². The molecule has 2 amide bonds. The van der Waals surface area contributed by atoms with Crippen LogP contribution >= 0.6 is 11.3 Å². The van der Waals surface area contributed by atoms with E-state index in [1.165, 1.54) is 4.88 Å². The Hall–Kier alpha value is -1.82. The summed E-state index contributed by atoms with van der Waals surface area (Å²) in [5.74, 6) is 0. The maximum Gasteiger partial charge on any atom is 0.318 e. The number of carbonyl (C=O) groups excluding carboxylic acids is 1. The quantitative estimate of drug-likeness (QED) is 0.899. The molecule has 0 saturated carbocycles. The second-order valence-corrected chi connectivity index (χ2v) is 6.64. The standard InChI is InChI=1S/C16H22N4OS/c1-2-13(15-7-5-9-22-15)19-16(21)20-8-4-3-6-14(20)12-10-17-18-11-12/h5,7,9-11,13-14H,2-4,6,8H2,1H3,(H,17,18)(H,19,21)/t13-,14-/m1/s1. The highest BCUT2D eigenvalue weighted by Crippen LogP contribution is 2.31. The highest BCUT2D eigenvalue weighted by molar-refractivity contribution is 7.10.